The molecule has 0 unspecified atom stereocenters. The van der Waals surface area contributed by atoms with Gasteiger partial charge in [-0.15, -0.1) is 11.3 Å². The number of ether oxygens (including phenoxy) is 1. The minimum atomic E-state index is -0.0346. The number of likely N-dealkylation sites (tertiary alicyclic amines) is 1. The Hall–Kier alpha value is -2.32. The second kappa shape index (κ2) is 8.36. The molecule has 3 aromatic rings. The van der Waals surface area contributed by atoms with Gasteiger partial charge in [0.15, 0.2) is 5.01 Å². The van der Waals surface area contributed by atoms with Gasteiger partial charge in [-0.2, -0.15) is 0 Å². The fraction of sp³-hybridized carbons (Fsp3) is 0.300. The lowest BCUT2D eigenvalue weighted by molar-refractivity contribution is 0.0735. The number of aromatic nitrogens is 3. The van der Waals surface area contributed by atoms with E-state index in [0.29, 0.717) is 23.2 Å². The molecule has 3 heterocycles. The first-order chi connectivity index (χ1) is 13.7. The van der Waals surface area contributed by atoms with Gasteiger partial charge in [-0.25, -0.2) is 9.97 Å². The van der Waals surface area contributed by atoms with Crippen molar-refractivity contribution in [2.24, 2.45) is 0 Å². The van der Waals surface area contributed by atoms with E-state index in [4.69, 9.17) is 4.74 Å². The SMILES string of the molecule is CCOc1cncc(-c2cnc(C(=O)N3CCC[C@@H]3c3cccc(Br)c3)s2)n1. The Morgan fingerprint density at radius 3 is 3.07 bits per heavy atom. The molecule has 6 nitrogen and oxygen atoms in total. The lowest BCUT2D eigenvalue weighted by Crippen LogP contribution is -2.30. The highest BCUT2D eigenvalue weighted by Gasteiger charge is 2.32. The van der Waals surface area contributed by atoms with Crippen molar-refractivity contribution in [3.05, 3.63) is 57.9 Å². The van der Waals surface area contributed by atoms with Gasteiger partial charge in [-0.1, -0.05) is 28.1 Å². The maximum absolute atomic E-state index is 13.1. The van der Waals surface area contributed by atoms with Crippen molar-refractivity contribution in [2.45, 2.75) is 25.8 Å². The summed E-state index contributed by atoms with van der Waals surface area (Å²) in [7, 11) is 0. The van der Waals surface area contributed by atoms with E-state index in [9.17, 15) is 4.79 Å². The summed E-state index contributed by atoms with van der Waals surface area (Å²) in [5.41, 5.74) is 1.81. The number of thiazole rings is 1. The Morgan fingerprint density at radius 1 is 1.36 bits per heavy atom. The Labute approximate surface area is 175 Å². The number of carbonyl (C=O) groups is 1. The van der Waals surface area contributed by atoms with Gasteiger partial charge in [0.25, 0.3) is 5.91 Å². The number of amides is 1. The van der Waals surface area contributed by atoms with Gasteiger partial charge in [-0.3, -0.25) is 9.78 Å². The number of hydrogen-bond donors (Lipinski definition) is 0. The molecule has 2 aromatic heterocycles. The highest BCUT2D eigenvalue weighted by atomic mass is 79.9. The monoisotopic (exact) mass is 458 g/mol. The van der Waals surface area contributed by atoms with Crippen molar-refractivity contribution in [1.82, 2.24) is 19.9 Å². The Kier molecular flexibility index (Phi) is 5.68. The van der Waals surface area contributed by atoms with Crippen LogP contribution in [0.1, 0.15) is 41.2 Å². The van der Waals surface area contributed by atoms with Crippen LogP contribution in [0, 0.1) is 0 Å². The molecule has 1 aliphatic heterocycles. The van der Waals surface area contributed by atoms with Crippen molar-refractivity contribution in [3.8, 4) is 16.5 Å². The van der Waals surface area contributed by atoms with Gasteiger partial charge in [0.2, 0.25) is 5.88 Å². The molecule has 0 aliphatic carbocycles. The van der Waals surface area contributed by atoms with Crippen molar-refractivity contribution >= 4 is 33.2 Å². The van der Waals surface area contributed by atoms with Crippen LogP contribution in [-0.2, 0) is 0 Å². The smallest absolute Gasteiger partial charge is 0.283 e. The molecule has 0 radical (unpaired) electrons. The normalized spacial score (nSPS) is 16.4. The van der Waals surface area contributed by atoms with Crippen molar-refractivity contribution in [1.29, 1.82) is 0 Å². The van der Waals surface area contributed by atoms with E-state index in [1.165, 1.54) is 11.3 Å². The van der Waals surface area contributed by atoms with Gasteiger partial charge >= 0.3 is 0 Å². The molecule has 0 spiro atoms. The maximum atomic E-state index is 13.1. The van der Waals surface area contributed by atoms with Crippen LogP contribution < -0.4 is 4.74 Å². The summed E-state index contributed by atoms with van der Waals surface area (Å²) in [4.78, 5) is 28.8. The average molecular weight is 459 g/mol. The molecule has 0 saturated carbocycles. The van der Waals surface area contributed by atoms with E-state index in [-0.39, 0.29) is 11.9 Å². The van der Waals surface area contributed by atoms with Gasteiger partial charge in [0.05, 0.1) is 29.9 Å². The molecule has 28 heavy (non-hydrogen) atoms. The summed E-state index contributed by atoms with van der Waals surface area (Å²) >= 11 is 4.86. The zero-order valence-electron chi connectivity index (χ0n) is 15.3. The molecule has 1 aromatic carbocycles. The van der Waals surface area contributed by atoms with E-state index in [0.717, 1.165) is 34.3 Å². The summed E-state index contributed by atoms with van der Waals surface area (Å²) in [6.07, 6.45) is 6.87. The molecule has 1 saturated heterocycles. The van der Waals surface area contributed by atoms with Crippen molar-refractivity contribution in [3.63, 3.8) is 0 Å². The molecular formula is C20H19BrN4O2S. The van der Waals surface area contributed by atoms with Gasteiger partial charge in [-0.05, 0) is 37.5 Å². The Bertz CT molecular complexity index is 994. The molecule has 1 fully saturated rings. The van der Waals surface area contributed by atoms with Gasteiger partial charge in [0.1, 0.15) is 5.69 Å². The van der Waals surface area contributed by atoms with Crippen molar-refractivity contribution in [2.75, 3.05) is 13.2 Å². The molecule has 1 amide bonds. The molecule has 1 atom stereocenters. The molecule has 8 heteroatoms. The van der Waals surface area contributed by atoms with Crippen molar-refractivity contribution < 1.29 is 9.53 Å². The molecule has 0 N–H and O–H groups in total. The third kappa shape index (κ3) is 3.93. The van der Waals surface area contributed by atoms with Crippen LogP contribution in [0.3, 0.4) is 0 Å². The third-order valence-electron chi connectivity index (χ3n) is 4.59. The minimum Gasteiger partial charge on any atom is -0.477 e. The van der Waals surface area contributed by atoms with Crippen LogP contribution in [-0.4, -0.2) is 38.9 Å². The zero-order valence-corrected chi connectivity index (χ0v) is 17.7. The van der Waals surface area contributed by atoms with E-state index in [1.54, 1.807) is 18.6 Å². The first kappa shape index (κ1) is 19.0. The van der Waals surface area contributed by atoms with Crippen LogP contribution in [0.2, 0.25) is 0 Å². The lowest BCUT2D eigenvalue weighted by atomic mass is 10.0. The summed E-state index contributed by atoms with van der Waals surface area (Å²) in [6.45, 7) is 3.16. The average Bonchev–Trinajstić information content (AvgIpc) is 3.38. The van der Waals surface area contributed by atoms with Crippen LogP contribution in [0.25, 0.3) is 10.6 Å². The topological polar surface area (TPSA) is 68.2 Å². The molecule has 4 rings (SSSR count). The molecular weight excluding hydrogens is 440 g/mol. The predicted octanol–water partition coefficient (Wildman–Crippen LogP) is 4.74. The Balaban J connectivity index is 1.56. The Morgan fingerprint density at radius 2 is 2.25 bits per heavy atom. The fourth-order valence-electron chi connectivity index (χ4n) is 3.37. The van der Waals surface area contributed by atoms with E-state index < -0.39 is 0 Å². The fourth-order valence-corrected chi connectivity index (χ4v) is 4.61. The zero-order chi connectivity index (χ0) is 19.5. The largest absolute Gasteiger partial charge is 0.477 e. The van der Waals surface area contributed by atoms with Crippen LogP contribution >= 0.6 is 27.3 Å². The summed E-state index contributed by atoms with van der Waals surface area (Å²) < 4.78 is 6.43. The second-order valence-electron chi connectivity index (χ2n) is 6.42. The maximum Gasteiger partial charge on any atom is 0.283 e. The highest BCUT2D eigenvalue weighted by Crippen LogP contribution is 2.35. The summed E-state index contributed by atoms with van der Waals surface area (Å²) in [5, 5.41) is 0.473. The van der Waals surface area contributed by atoms with Gasteiger partial charge in [0, 0.05) is 17.2 Å². The predicted molar refractivity (Wildman–Crippen MR) is 111 cm³/mol. The van der Waals surface area contributed by atoms with E-state index >= 15 is 0 Å². The van der Waals surface area contributed by atoms with Crippen LogP contribution in [0.5, 0.6) is 5.88 Å². The number of carbonyl (C=O) groups excluding carboxylic acids is 1. The minimum absolute atomic E-state index is 0.0346. The second-order valence-corrected chi connectivity index (χ2v) is 8.36. The number of halogens is 1. The molecule has 0 bridgehead atoms. The number of hydrogen-bond acceptors (Lipinski definition) is 6. The third-order valence-corrected chi connectivity index (χ3v) is 6.09. The molecule has 144 valence electrons. The number of benzene rings is 1. The van der Waals surface area contributed by atoms with E-state index in [2.05, 4.69) is 43.0 Å². The standard InChI is InChI=1S/C20H19BrN4O2S/c1-2-27-18-12-22-10-15(24-18)17-11-23-19(28-17)20(26)25-8-4-7-16(25)13-5-3-6-14(21)9-13/h3,5-6,9-12,16H,2,4,7-8H2,1H3/t16-/m1/s1. The lowest BCUT2D eigenvalue weighted by Gasteiger charge is -2.24. The first-order valence-electron chi connectivity index (χ1n) is 9.13. The number of rotatable bonds is 5. The summed E-state index contributed by atoms with van der Waals surface area (Å²) in [5.74, 6) is 0.434. The van der Waals surface area contributed by atoms with Gasteiger partial charge < -0.3 is 9.64 Å². The number of nitrogens with zero attached hydrogens (tertiary/aromatic N) is 4. The first-order valence-corrected chi connectivity index (χ1v) is 10.7. The highest BCUT2D eigenvalue weighted by molar-refractivity contribution is 9.10. The quantitative estimate of drug-likeness (QED) is 0.552. The van der Waals surface area contributed by atoms with Crippen LogP contribution in [0.15, 0.2) is 47.3 Å². The van der Waals surface area contributed by atoms with Crippen LogP contribution in [0.4, 0.5) is 0 Å². The van der Waals surface area contributed by atoms with E-state index in [1.807, 2.05) is 24.0 Å². The molecule has 1 aliphatic rings. The summed E-state index contributed by atoms with van der Waals surface area (Å²) in [6, 6.07) is 8.24.